The number of hydrogen-bond acceptors (Lipinski definition) is 7. The maximum atomic E-state index is 11.8. The molecule has 0 spiro atoms. The molecule has 7 nitrogen and oxygen atoms in total. The van der Waals surface area contributed by atoms with E-state index in [2.05, 4.69) is 0 Å². The topological polar surface area (TPSA) is 80.3 Å². The van der Waals surface area contributed by atoms with Gasteiger partial charge in [0.25, 0.3) is 9.05 Å². The van der Waals surface area contributed by atoms with Crippen molar-refractivity contribution >= 4 is 19.7 Å². The summed E-state index contributed by atoms with van der Waals surface area (Å²) in [6, 6.07) is 0. The largest absolute Gasteiger partial charge is 0.491 e. The molecule has 0 aromatic heterocycles. The van der Waals surface area contributed by atoms with Crippen LogP contribution in [0, 0.1) is 0 Å². The maximum absolute atomic E-state index is 11.8. The lowest BCUT2D eigenvalue weighted by atomic mass is 10.2. The molecule has 0 bridgehead atoms. The summed E-state index contributed by atoms with van der Waals surface area (Å²) in [6.45, 7) is 0. The van der Waals surface area contributed by atoms with E-state index in [1.807, 2.05) is 0 Å². The predicted octanol–water partition coefficient (Wildman–Crippen LogP) is 1.66. The Kier molecular flexibility index (Phi) is 5.18. The number of benzene rings is 1. The van der Waals surface area contributed by atoms with Gasteiger partial charge in [0.05, 0.1) is 35.5 Å². The van der Waals surface area contributed by atoms with Gasteiger partial charge in [0, 0.05) is 10.7 Å². The van der Waals surface area contributed by atoms with Crippen LogP contribution in [0.3, 0.4) is 0 Å². The molecule has 1 aromatic rings. The molecule has 1 aromatic carbocycles. The van der Waals surface area contributed by atoms with Crippen LogP contribution in [0.25, 0.3) is 0 Å². The second-order valence-corrected chi connectivity index (χ2v) is 5.94. The quantitative estimate of drug-likeness (QED) is 0.735. The molecule has 0 aliphatic carbocycles. The van der Waals surface area contributed by atoms with E-state index >= 15 is 0 Å². The summed E-state index contributed by atoms with van der Waals surface area (Å²) in [5.41, 5.74) is 0. The minimum atomic E-state index is -4.17. The van der Waals surface area contributed by atoms with Crippen LogP contribution in [0.4, 0.5) is 0 Å². The second-order valence-electron chi connectivity index (χ2n) is 3.43. The van der Waals surface area contributed by atoms with Crippen molar-refractivity contribution in [3.63, 3.8) is 0 Å². The Hall–Kier alpha value is -1.54. The highest BCUT2D eigenvalue weighted by atomic mass is 35.7. The highest BCUT2D eigenvalue weighted by Gasteiger charge is 2.34. The van der Waals surface area contributed by atoms with Crippen molar-refractivity contribution in [3.8, 4) is 28.7 Å². The summed E-state index contributed by atoms with van der Waals surface area (Å²) < 4.78 is 49.1. The van der Waals surface area contributed by atoms with Crippen LogP contribution in [0.2, 0.25) is 0 Å². The molecular formula is C11H15ClO7S. The first kappa shape index (κ1) is 16.5. The zero-order chi connectivity index (χ0) is 15.5. The Bertz CT molecular complexity index is 564. The molecule has 0 aliphatic heterocycles. The van der Waals surface area contributed by atoms with Crippen molar-refractivity contribution in [1.29, 1.82) is 0 Å². The standard InChI is InChI=1S/C11H15ClO7S/c1-15-6-7(16-2)9(18-4)11(20(12,13)14)10(19-5)8(6)17-3/h1-5H3. The lowest BCUT2D eigenvalue weighted by Crippen LogP contribution is -2.06. The van der Waals surface area contributed by atoms with Crippen molar-refractivity contribution in [2.75, 3.05) is 35.5 Å². The summed E-state index contributed by atoms with van der Waals surface area (Å²) in [5, 5.41) is 0. The highest BCUT2D eigenvalue weighted by molar-refractivity contribution is 8.14. The molecule has 0 radical (unpaired) electrons. The highest BCUT2D eigenvalue weighted by Crippen LogP contribution is 2.55. The fourth-order valence-corrected chi connectivity index (χ4v) is 2.98. The Balaban J connectivity index is 4.01. The fourth-order valence-electron chi connectivity index (χ4n) is 1.77. The van der Waals surface area contributed by atoms with E-state index in [1.54, 1.807) is 0 Å². The average molecular weight is 327 g/mol. The third-order valence-corrected chi connectivity index (χ3v) is 3.82. The molecule has 9 heteroatoms. The Labute approximate surface area is 121 Å². The zero-order valence-electron chi connectivity index (χ0n) is 11.6. The molecule has 0 saturated heterocycles. The normalized spacial score (nSPS) is 10.9. The van der Waals surface area contributed by atoms with Crippen molar-refractivity contribution in [2.24, 2.45) is 0 Å². The van der Waals surface area contributed by atoms with Crippen LogP contribution in [0.15, 0.2) is 4.90 Å². The van der Waals surface area contributed by atoms with Gasteiger partial charge < -0.3 is 23.7 Å². The lowest BCUT2D eigenvalue weighted by Gasteiger charge is -2.20. The van der Waals surface area contributed by atoms with E-state index < -0.39 is 13.9 Å². The molecule has 0 saturated carbocycles. The predicted molar refractivity (Wildman–Crippen MR) is 72.2 cm³/mol. The number of rotatable bonds is 6. The zero-order valence-corrected chi connectivity index (χ0v) is 13.2. The summed E-state index contributed by atoms with van der Waals surface area (Å²) >= 11 is 0. The molecule has 0 amide bonds. The van der Waals surface area contributed by atoms with Gasteiger partial charge >= 0.3 is 0 Å². The van der Waals surface area contributed by atoms with E-state index in [0.717, 1.165) is 0 Å². The molecule has 0 heterocycles. The number of hydrogen-bond donors (Lipinski definition) is 0. The lowest BCUT2D eigenvalue weighted by molar-refractivity contribution is 0.282. The van der Waals surface area contributed by atoms with E-state index in [1.165, 1.54) is 35.5 Å². The van der Waals surface area contributed by atoms with Crippen molar-refractivity contribution < 1.29 is 32.1 Å². The van der Waals surface area contributed by atoms with Gasteiger partial charge in [-0.25, -0.2) is 8.42 Å². The fraction of sp³-hybridized carbons (Fsp3) is 0.455. The summed E-state index contributed by atoms with van der Waals surface area (Å²) in [5.74, 6) is -0.0551. The number of halogens is 1. The van der Waals surface area contributed by atoms with Crippen LogP contribution in [-0.4, -0.2) is 44.0 Å². The molecule has 0 fully saturated rings. The van der Waals surface area contributed by atoms with Gasteiger partial charge in [0.2, 0.25) is 17.2 Å². The molecule has 1 rings (SSSR count). The Morgan fingerprint density at radius 3 is 1.10 bits per heavy atom. The van der Waals surface area contributed by atoms with Crippen molar-refractivity contribution in [3.05, 3.63) is 0 Å². The van der Waals surface area contributed by atoms with Gasteiger partial charge in [-0.1, -0.05) is 0 Å². The monoisotopic (exact) mass is 326 g/mol. The molecule has 0 unspecified atom stereocenters. The molecule has 20 heavy (non-hydrogen) atoms. The Morgan fingerprint density at radius 2 is 0.900 bits per heavy atom. The third kappa shape index (κ3) is 2.66. The first-order valence-corrected chi connectivity index (χ1v) is 7.56. The van der Waals surface area contributed by atoms with Gasteiger partial charge in [0.15, 0.2) is 16.4 Å². The smallest absolute Gasteiger partial charge is 0.269 e. The molecule has 0 N–H and O–H groups in total. The van der Waals surface area contributed by atoms with Gasteiger partial charge in [-0.3, -0.25) is 0 Å². The van der Waals surface area contributed by atoms with Gasteiger partial charge in [-0.15, -0.1) is 0 Å². The molecule has 0 atom stereocenters. The third-order valence-electron chi connectivity index (χ3n) is 2.50. The number of ether oxygens (including phenoxy) is 5. The second kappa shape index (κ2) is 6.27. The first-order chi connectivity index (χ1) is 9.37. The molecular weight excluding hydrogens is 312 g/mol. The average Bonchev–Trinajstić information content (AvgIpc) is 2.42. The van der Waals surface area contributed by atoms with Crippen LogP contribution in [0.5, 0.6) is 28.7 Å². The van der Waals surface area contributed by atoms with E-state index in [4.69, 9.17) is 34.4 Å². The minimum absolute atomic E-state index is 0.0341. The van der Waals surface area contributed by atoms with Crippen molar-refractivity contribution in [2.45, 2.75) is 4.90 Å². The Morgan fingerprint density at radius 1 is 0.650 bits per heavy atom. The minimum Gasteiger partial charge on any atom is -0.491 e. The maximum Gasteiger partial charge on any atom is 0.269 e. The van der Waals surface area contributed by atoms with Crippen LogP contribution >= 0.6 is 10.7 Å². The van der Waals surface area contributed by atoms with Gasteiger partial charge in [-0.2, -0.15) is 0 Å². The summed E-state index contributed by atoms with van der Waals surface area (Å²) in [6.07, 6.45) is 0. The number of methoxy groups -OCH3 is 5. The molecule has 114 valence electrons. The van der Waals surface area contributed by atoms with E-state index in [0.29, 0.717) is 0 Å². The summed E-state index contributed by atoms with van der Waals surface area (Å²) in [4.78, 5) is -0.390. The van der Waals surface area contributed by atoms with Crippen LogP contribution in [-0.2, 0) is 9.05 Å². The van der Waals surface area contributed by atoms with Gasteiger partial charge in [-0.05, 0) is 0 Å². The SMILES string of the molecule is COc1c(OC)c(OC)c(S(=O)(=O)Cl)c(OC)c1OC. The van der Waals surface area contributed by atoms with Crippen LogP contribution < -0.4 is 23.7 Å². The van der Waals surface area contributed by atoms with Crippen LogP contribution in [0.1, 0.15) is 0 Å². The van der Waals surface area contributed by atoms with E-state index in [-0.39, 0.29) is 28.7 Å². The molecule has 0 aliphatic rings. The van der Waals surface area contributed by atoms with E-state index in [9.17, 15) is 8.42 Å². The summed E-state index contributed by atoms with van der Waals surface area (Å²) in [7, 11) is 7.84. The first-order valence-electron chi connectivity index (χ1n) is 5.25. The van der Waals surface area contributed by atoms with Gasteiger partial charge in [0.1, 0.15) is 0 Å². The van der Waals surface area contributed by atoms with Crippen molar-refractivity contribution in [1.82, 2.24) is 0 Å².